The summed E-state index contributed by atoms with van der Waals surface area (Å²) in [6.45, 7) is 8.17. The molecule has 0 spiro atoms. The highest BCUT2D eigenvalue weighted by Gasteiger charge is 2.46. The van der Waals surface area contributed by atoms with Crippen molar-refractivity contribution in [2.45, 2.75) is 84.3 Å². The maximum atomic E-state index is 12.9. The first-order valence-electron chi connectivity index (χ1n) is 8.59. The Kier molecular flexibility index (Phi) is 5.28. The van der Waals surface area contributed by atoms with Crippen LogP contribution in [0.2, 0.25) is 0 Å². The maximum absolute atomic E-state index is 12.9. The van der Waals surface area contributed by atoms with Gasteiger partial charge in [0.2, 0.25) is 11.8 Å². The van der Waals surface area contributed by atoms with Gasteiger partial charge in [-0.25, -0.2) is 0 Å². The number of amides is 2. The van der Waals surface area contributed by atoms with Crippen LogP contribution in [0.5, 0.6) is 0 Å². The zero-order valence-electron chi connectivity index (χ0n) is 13.9. The molecule has 2 rings (SSSR count). The molecular formula is C17H30N2O2. The van der Waals surface area contributed by atoms with Crippen LogP contribution in [0.3, 0.4) is 0 Å². The van der Waals surface area contributed by atoms with Gasteiger partial charge >= 0.3 is 0 Å². The molecular weight excluding hydrogens is 264 g/mol. The molecule has 2 fully saturated rings. The third-order valence-electron chi connectivity index (χ3n) is 5.25. The highest BCUT2D eigenvalue weighted by Crippen LogP contribution is 2.33. The average Bonchev–Trinajstić information content (AvgIpc) is 2.48. The molecule has 1 N–H and O–H groups in total. The Morgan fingerprint density at radius 3 is 2.29 bits per heavy atom. The Labute approximate surface area is 128 Å². The summed E-state index contributed by atoms with van der Waals surface area (Å²) in [4.78, 5) is 27.4. The van der Waals surface area contributed by atoms with Gasteiger partial charge in [-0.3, -0.25) is 9.59 Å². The van der Waals surface area contributed by atoms with Crippen LogP contribution in [-0.2, 0) is 9.59 Å². The minimum atomic E-state index is -0.343. The molecule has 2 amide bonds. The van der Waals surface area contributed by atoms with Crippen molar-refractivity contribution in [1.29, 1.82) is 0 Å². The van der Waals surface area contributed by atoms with Crippen molar-refractivity contribution < 1.29 is 9.59 Å². The van der Waals surface area contributed by atoms with E-state index in [2.05, 4.69) is 12.2 Å². The van der Waals surface area contributed by atoms with Gasteiger partial charge in [0, 0.05) is 6.04 Å². The van der Waals surface area contributed by atoms with Crippen LogP contribution in [0.1, 0.15) is 66.2 Å². The second kappa shape index (κ2) is 6.80. The molecule has 0 radical (unpaired) electrons. The van der Waals surface area contributed by atoms with Crippen LogP contribution in [0, 0.1) is 11.8 Å². The lowest BCUT2D eigenvalue weighted by Crippen LogP contribution is -2.68. The molecule has 0 aromatic carbocycles. The van der Waals surface area contributed by atoms with Gasteiger partial charge in [-0.15, -0.1) is 0 Å². The van der Waals surface area contributed by atoms with Crippen molar-refractivity contribution >= 4 is 11.8 Å². The fourth-order valence-electron chi connectivity index (χ4n) is 3.81. The topological polar surface area (TPSA) is 49.4 Å². The fourth-order valence-corrected chi connectivity index (χ4v) is 3.81. The molecule has 21 heavy (non-hydrogen) atoms. The zero-order valence-corrected chi connectivity index (χ0v) is 13.9. The Balaban J connectivity index is 2.24. The molecule has 1 heterocycles. The van der Waals surface area contributed by atoms with E-state index in [1.54, 1.807) is 0 Å². The standard InChI is InChI=1S/C17H30N2O2/c1-5-12(4)14-17(21)19(11(2)3)15(16(20)18-14)13-9-7-6-8-10-13/h11-15H,5-10H2,1-4H3,(H,18,20). The predicted molar refractivity (Wildman–Crippen MR) is 83.7 cm³/mol. The number of rotatable bonds is 4. The Hall–Kier alpha value is -1.06. The molecule has 3 unspecified atom stereocenters. The summed E-state index contributed by atoms with van der Waals surface area (Å²) < 4.78 is 0. The van der Waals surface area contributed by atoms with E-state index in [1.807, 2.05) is 25.7 Å². The van der Waals surface area contributed by atoms with E-state index in [0.29, 0.717) is 5.92 Å². The van der Waals surface area contributed by atoms with Crippen LogP contribution in [0.15, 0.2) is 0 Å². The number of hydrogen-bond donors (Lipinski definition) is 1. The molecule has 2 aliphatic rings. The van der Waals surface area contributed by atoms with E-state index in [4.69, 9.17) is 0 Å². The van der Waals surface area contributed by atoms with Crippen LogP contribution >= 0.6 is 0 Å². The molecule has 1 aliphatic heterocycles. The summed E-state index contributed by atoms with van der Waals surface area (Å²) >= 11 is 0. The Morgan fingerprint density at radius 1 is 1.14 bits per heavy atom. The summed E-state index contributed by atoms with van der Waals surface area (Å²) in [5.41, 5.74) is 0. The van der Waals surface area contributed by atoms with Crippen molar-refractivity contribution in [3.63, 3.8) is 0 Å². The quantitative estimate of drug-likeness (QED) is 0.866. The monoisotopic (exact) mass is 294 g/mol. The van der Waals surface area contributed by atoms with Crippen molar-refractivity contribution in [3.8, 4) is 0 Å². The first-order valence-corrected chi connectivity index (χ1v) is 8.59. The van der Waals surface area contributed by atoms with Gasteiger partial charge in [-0.05, 0) is 38.5 Å². The van der Waals surface area contributed by atoms with Crippen molar-refractivity contribution in [1.82, 2.24) is 10.2 Å². The number of carbonyl (C=O) groups is 2. The Bertz CT molecular complexity index is 388. The van der Waals surface area contributed by atoms with E-state index >= 15 is 0 Å². The molecule has 1 saturated heterocycles. The molecule has 0 aromatic heterocycles. The fraction of sp³-hybridized carbons (Fsp3) is 0.882. The minimum Gasteiger partial charge on any atom is -0.342 e. The number of piperazine rings is 1. The van der Waals surface area contributed by atoms with Gasteiger partial charge in [0.1, 0.15) is 12.1 Å². The van der Waals surface area contributed by atoms with Gasteiger partial charge in [-0.2, -0.15) is 0 Å². The molecule has 4 nitrogen and oxygen atoms in total. The van der Waals surface area contributed by atoms with Gasteiger partial charge in [0.05, 0.1) is 0 Å². The van der Waals surface area contributed by atoms with E-state index in [-0.39, 0.29) is 35.9 Å². The van der Waals surface area contributed by atoms with Crippen LogP contribution < -0.4 is 5.32 Å². The SMILES string of the molecule is CCC(C)C1NC(=O)C(C2CCCCC2)N(C(C)C)C1=O. The van der Waals surface area contributed by atoms with Crippen molar-refractivity contribution in [2.24, 2.45) is 11.8 Å². The largest absolute Gasteiger partial charge is 0.342 e. The normalized spacial score (nSPS) is 29.7. The third kappa shape index (κ3) is 3.24. The number of hydrogen-bond acceptors (Lipinski definition) is 2. The van der Waals surface area contributed by atoms with E-state index in [9.17, 15) is 9.59 Å². The lowest BCUT2D eigenvalue weighted by atomic mass is 9.80. The van der Waals surface area contributed by atoms with Gasteiger partial charge < -0.3 is 10.2 Å². The molecule has 120 valence electrons. The van der Waals surface area contributed by atoms with Crippen molar-refractivity contribution in [3.05, 3.63) is 0 Å². The number of nitrogens with one attached hydrogen (secondary N) is 1. The highest BCUT2D eigenvalue weighted by atomic mass is 16.2. The Morgan fingerprint density at radius 2 is 1.76 bits per heavy atom. The lowest BCUT2D eigenvalue weighted by molar-refractivity contribution is -0.156. The molecule has 1 aliphatic carbocycles. The first kappa shape index (κ1) is 16.3. The van der Waals surface area contributed by atoms with Crippen LogP contribution in [-0.4, -0.2) is 34.8 Å². The average molecular weight is 294 g/mol. The molecule has 0 aromatic rings. The van der Waals surface area contributed by atoms with Gasteiger partial charge in [0.25, 0.3) is 0 Å². The van der Waals surface area contributed by atoms with E-state index in [0.717, 1.165) is 19.3 Å². The van der Waals surface area contributed by atoms with E-state index < -0.39 is 0 Å². The summed E-state index contributed by atoms with van der Waals surface area (Å²) in [5, 5.41) is 3.02. The smallest absolute Gasteiger partial charge is 0.246 e. The second-order valence-corrected chi connectivity index (χ2v) is 7.05. The molecule has 0 bridgehead atoms. The summed E-state index contributed by atoms with van der Waals surface area (Å²) in [6.07, 6.45) is 6.67. The molecule has 3 atom stereocenters. The second-order valence-electron chi connectivity index (χ2n) is 7.05. The molecule has 1 saturated carbocycles. The highest BCUT2D eigenvalue weighted by molar-refractivity contribution is 5.97. The maximum Gasteiger partial charge on any atom is 0.246 e. The summed E-state index contributed by atoms with van der Waals surface area (Å²) in [7, 11) is 0. The van der Waals surface area contributed by atoms with Gasteiger partial charge in [-0.1, -0.05) is 39.5 Å². The van der Waals surface area contributed by atoms with Crippen molar-refractivity contribution in [2.75, 3.05) is 0 Å². The predicted octanol–water partition coefficient (Wildman–Crippen LogP) is 2.72. The zero-order chi connectivity index (χ0) is 15.6. The number of carbonyl (C=O) groups excluding carboxylic acids is 2. The minimum absolute atomic E-state index is 0.0699. The first-order chi connectivity index (χ1) is 9.97. The van der Waals surface area contributed by atoms with Crippen LogP contribution in [0.4, 0.5) is 0 Å². The summed E-state index contributed by atoms with van der Waals surface area (Å²) in [6, 6.07) is -0.509. The summed E-state index contributed by atoms with van der Waals surface area (Å²) in [5.74, 6) is 0.716. The van der Waals surface area contributed by atoms with Crippen LogP contribution in [0.25, 0.3) is 0 Å². The van der Waals surface area contributed by atoms with Gasteiger partial charge in [0.15, 0.2) is 0 Å². The lowest BCUT2D eigenvalue weighted by Gasteiger charge is -2.46. The van der Waals surface area contributed by atoms with E-state index in [1.165, 1.54) is 19.3 Å². The number of nitrogens with zero attached hydrogens (tertiary/aromatic N) is 1. The third-order valence-corrected chi connectivity index (χ3v) is 5.25. The molecule has 4 heteroatoms.